The van der Waals surface area contributed by atoms with Crippen molar-refractivity contribution < 1.29 is 8.78 Å². The fraction of sp³-hybridized carbons (Fsp3) is 1.00. The van der Waals surface area contributed by atoms with Crippen molar-refractivity contribution in [2.75, 3.05) is 25.0 Å². The molecule has 76 valence electrons. The van der Waals surface area contributed by atoms with E-state index in [-0.39, 0.29) is 6.42 Å². The molecule has 0 bridgehead atoms. The fourth-order valence-corrected chi connectivity index (χ4v) is 2.75. The largest absolute Gasteiger partial charge is 0.302 e. The van der Waals surface area contributed by atoms with Crippen molar-refractivity contribution >= 4 is 15.9 Å². The second-order valence-electron chi connectivity index (χ2n) is 4.19. The number of hydrogen-bond acceptors (Lipinski definition) is 1. The van der Waals surface area contributed by atoms with Gasteiger partial charge in [-0.05, 0) is 25.9 Å². The van der Waals surface area contributed by atoms with Crippen molar-refractivity contribution in [1.82, 2.24) is 4.90 Å². The van der Waals surface area contributed by atoms with Crippen LogP contribution in [0.3, 0.4) is 0 Å². The highest BCUT2D eigenvalue weighted by Gasteiger charge is 2.70. The third kappa shape index (κ3) is 1.63. The molecule has 2 aliphatic rings. The number of piperidine rings is 1. The Hall–Kier alpha value is 0.300. The highest BCUT2D eigenvalue weighted by molar-refractivity contribution is 9.09. The first-order chi connectivity index (χ1) is 6.10. The lowest BCUT2D eigenvalue weighted by atomic mass is 9.93. The van der Waals surface area contributed by atoms with Crippen molar-refractivity contribution in [3.63, 3.8) is 0 Å². The molecule has 0 N–H and O–H groups in total. The van der Waals surface area contributed by atoms with Crippen LogP contribution >= 0.6 is 15.9 Å². The Morgan fingerprint density at radius 2 is 1.77 bits per heavy atom. The van der Waals surface area contributed by atoms with Crippen molar-refractivity contribution in [1.29, 1.82) is 0 Å². The summed E-state index contributed by atoms with van der Waals surface area (Å²) >= 11 is 3.36. The van der Waals surface area contributed by atoms with Gasteiger partial charge < -0.3 is 4.90 Å². The van der Waals surface area contributed by atoms with Gasteiger partial charge in [0.15, 0.2) is 0 Å². The molecule has 4 heteroatoms. The van der Waals surface area contributed by atoms with Gasteiger partial charge in [0, 0.05) is 23.7 Å². The Balaban J connectivity index is 1.84. The number of hydrogen-bond donors (Lipinski definition) is 0. The Bertz CT molecular complexity index is 200. The topological polar surface area (TPSA) is 3.24 Å². The van der Waals surface area contributed by atoms with Crippen molar-refractivity contribution in [3.8, 4) is 0 Å². The molecule has 0 aromatic carbocycles. The molecule has 2 rings (SSSR count). The van der Waals surface area contributed by atoms with Gasteiger partial charge in [-0.25, -0.2) is 8.78 Å². The van der Waals surface area contributed by atoms with Gasteiger partial charge in [0.1, 0.15) is 0 Å². The van der Waals surface area contributed by atoms with Crippen LogP contribution in [0.15, 0.2) is 0 Å². The maximum absolute atomic E-state index is 13.0. The summed E-state index contributed by atoms with van der Waals surface area (Å²) in [5.41, 5.74) is -0.587. The number of rotatable bonds is 2. The molecule has 0 radical (unpaired) electrons. The first-order valence-corrected chi connectivity index (χ1v) is 5.88. The molecular formula is C9H14BrF2N. The van der Waals surface area contributed by atoms with E-state index in [4.69, 9.17) is 0 Å². The zero-order valence-electron chi connectivity index (χ0n) is 7.53. The number of alkyl halides is 3. The van der Waals surface area contributed by atoms with Crippen LogP contribution in [0, 0.1) is 5.41 Å². The van der Waals surface area contributed by atoms with E-state index in [0.717, 1.165) is 25.0 Å². The Morgan fingerprint density at radius 1 is 1.23 bits per heavy atom. The predicted octanol–water partition coefficient (Wildman–Crippen LogP) is 2.50. The van der Waals surface area contributed by atoms with E-state index >= 15 is 0 Å². The summed E-state index contributed by atoms with van der Waals surface area (Å²) in [6.07, 6.45) is 1.52. The zero-order chi connectivity index (χ0) is 9.53. The summed E-state index contributed by atoms with van der Waals surface area (Å²) < 4.78 is 25.9. The first kappa shape index (κ1) is 9.84. The Kier molecular flexibility index (Phi) is 2.39. The first-order valence-electron chi connectivity index (χ1n) is 4.76. The van der Waals surface area contributed by atoms with E-state index in [0.29, 0.717) is 12.8 Å². The lowest BCUT2D eigenvalue weighted by molar-refractivity contribution is 0.0326. The van der Waals surface area contributed by atoms with E-state index in [2.05, 4.69) is 20.8 Å². The normalized spacial score (nSPS) is 30.7. The molecule has 1 spiro atoms. The van der Waals surface area contributed by atoms with Crippen LogP contribution in [0.5, 0.6) is 0 Å². The monoisotopic (exact) mass is 253 g/mol. The Labute approximate surface area is 85.6 Å². The van der Waals surface area contributed by atoms with Gasteiger partial charge in [0.05, 0.1) is 0 Å². The van der Waals surface area contributed by atoms with Crippen molar-refractivity contribution in [2.24, 2.45) is 5.41 Å². The zero-order valence-corrected chi connectivity index (χ0v) is 9.12. The van der Waals surface area contributed by atoms with Crippen LogP contribution in [0.1, 0.15) is 19.3 Å². The lowest BCUT2D eigenvalue weighted by Gasteiger charge is -2.31. The summed E-state index contributed by atoms with van der Waals surface area (Å²) in [4.78, 5) is 2.26. The standard InChI is InChI=1S/C9H14BrF2N/c10-3-6-13-4-1-8(2-5-13)7-9(8,11)12/h1-7H2. The second-order valence-corrected chi connectivity index (χ2v) is 4.99. The number of likely N-dealkylation sites (tertiary alicyclic amines) is 1. The third-order valence-corrected chi connectivity index (χ3v) is 3.78. The van der Waals surface area contributed by atoms with Crippen molar-refractivity contribution in [2.45, 2.75) is 25.2 Å². The molecule has 1 nitrogen and oxygen atoms in total. The Morgan fingerprint density at radius 3 is 2.15 bits per heavy atom. The average Bonchev–Trinajstić information content (AvgIpc) is 2.59. The van der Waals surface area contributed by atoms with Gasteiger partial charge in [-0.2, -0.15) is 0 Å². The molecular weight excluding hydrogens is 240 g/mol. The molecule has 0 aromatic rings. The number of halogens is 3. The van der Waals surface area contributed by atoms with E-state index in [1.807, 2.05) is 0 Å². The van der Waals surface area contributed by atoms with E-state index in [1.165, 1.54) is 0 Å². The molecule has 0 unspecified atom stereocenters. The van der Waals surface area contributed by atoms with Crippen LogP contribution in [0.2, 0.25) is 0 Å². The summed E-state index contributed by atoms with van der Waals surface area (Å²) in [6, 6.07) is 0. The van der Waals surface area contributed by atoms with Crippen molar-refractivity contribution in [3.05, 3.63) is 0 Å². The molecule has 1 saturated carbocycles. The number of nitrogens with zero attached hydrogens (tertiary/aromatic N) is 1. The lowest BCUT2D eigenvalue weighted by Crippen LogP contribution is -2.37. The molecule has 0 atom stereocenters. The van der Waals surface area contributed by atoms with Crippen LogP contribution in [0.4, 0.5) is 8.78 Å². The van der Waals surface area contributed by atoms with Gasteiger partial charge in [-0.3, -0.25) is 0 Å². The summed E-state index contributed by atoms with van der Waals surface area (Å²) in [5, 5.41) is 0.941. The maximum Gasteiger partial charge on any atom is 0.254 e. The summed E-state index contributed by atoms with van der Waals surface area (Å²) in [5.74, 6) is -2.34. The molecule has 0 amide bonds. The van der Waals surface area contributed by atoms with E-state index in [9.17, 15) is 8.78 Å². The molecule has 1 saturated heterocycles. The van der Waals surface area contributed by atoms with E-state index in [1.54, 1.807) is 0 Å². The van der Waals surface area contributed by atoms with Gasteiger partial charge in [0.25, 0.3) is 5.92 Å². The fourth-order valence-electron chi connectivity index (χ4n) is 2.25. The van der Waals surface area contributed by atoms with Gasteiger partial charge >= 0.3 is 0 Å². The van der Waals surface area contributed by atoms with Crippen LogP contribution < -0.4 is 0 Å². The van der Waals surface area contributed by atoms with Gasteiger partial charge in [-0.1, -0.05) is 15.9 Å². The quantitative estimate of drug-likeness (QED) is 0.684. The minimum atomic E-state index is -2.34. The molecule has 1 aliphatic heterocycles. The van der Waals surface area contributed by atoms with Crippen LogP contribution in [-0.2, 0) is 0 Å². The summed E-state index contributed by atoms with van der Waals surface area (Å²) in [6.45, 7) is 2.68. The molecule has 1 heterocycles. The average molecular weight is 254 g/mol. The SMILES string of the molecule is FC1(F)CC12CCN(CCBr)CC2. The summed E-state index contributed by atoms with van der Waals surface area (Å²) in [7, 11) is 0. The smallest absolute Gasteiger partial charge is 0.254 e. The maximum atomic E-state index is 13.0. The molecule has 1 aliphatic carbocycles. The van der Waals surface area contributed by atoms with Crippen LogP contribution in [-0.4, -0.2) is 35.8 Å². The molecule has 0 aromatic heterocycles. The van der Waals surface area contributed by atoms with E-state index < -0.39 is 11.3 Å². The highest BCUT2D eigenvalue weighted by atomic mass is 79.9. The minimum Gasteiger partial charge on any atom is -0.302 e. The highest BCUT2D eigenvalue weighted by Crippen LogP contribution is 2.65. The second kappa shape index (κ2) is 3.16. The van der Waals surface area contributed by atoms with Gasteiger partial charge in [0.2, 0.25) is 0 Å². The molecule has 2 fully saturated rings. The predicted molar refractivity (Wildman–Crippen MR) is 51.5 cm³/mol. The third-order valence-electron chi connectivity index (χ3n) is 3.43. The minimum absolute atomic E-state index is 0.141. The molecule has 13 heavy (non-hydrogen) atoms. The van der Waals surface area contributed by atoms with Crippen LogP contribution in [0.25, 0.3) is 0 Å². The van der Waals surface area contributed by atoms with Gasteiger partial charge in [-0.15, -0.1) is 0 Å².